The molecule has 0 unspecified atom stereocenters. The summed E-state index contributed by atoms with van der Waals surface area (Å²) in [5.41, 5.74) is 2.89. The fraction of sp³-hybridized carbons (Fsp3) is 0.179. The molecule has 7 nitrogen and oxygen atoms in total. The van der Waals surface area contributed by atoms with E-state index in [2.05, 4.69) is 10.2 Å². The van der Waals surface area contributed by atoms with Crippen LogP contribution in [0, 0.1) is 0 Å². The van der Waals surface area contributed by atoms with E-state index in [1.54, 1.807) is 4.90 Å². The second-order valence-corrected chi connectivity index (χ2v) is 8.98. The van der Waals surface area contributed by atoms with Gasteiger partial charge in [-0.05, 0) is 23.3 Å². The summed E-state index contributed by atoms with van der Waals surface area (Å²) in [4.78, 5) is 15.0. The molecular weight excluding hydrogens is 474 g/mol. The summed E-state index contributed by atoms with van der Waals surface area (Å²) in [6.45, 7) is 1.40. The molecule has 8 heteroatoms. The fourth-order valence-electron chi connectivity index (χ4n) is 3.75. The van der Waals surface area contributed by atoms with Gasteiger partial charge in [-0.25, -0.2) is 0 Å². The van der Waals surface area contributed by atoms with Crippen molar-refractivity contribution in [3.05, 3.63) is 102 Å². The Morgan fingerprint density at radius 3 is 2.47 bits per heavy atom. The van der Waals surface area contributed by atoms with Crippen molar-refractivity contribution in [1.82, 2.24) is 10.2 Å². The number of anilines is 1. The van der Waals surface area contributed by atoms with Crippen LogP contribution in [0.5, 0.6) is 11.5 Å². The van der Waals surface area contributed by atoms with Crippen molar-refractivity contribution in [2.45, 2.75) is 11.6 Å². The van der Waals surface area contributed by atoms with E-state index >= 15 is 0 Å². The van der Waals surface area contributed by atoms with Gasteiger partial charge in [0.05, 0.1) is 12.2 Å². The molecule has 0 N–H and O–H groups in total. The van der Waals surface area contributed by atoms with Crippen LogP contribution in [0.1, 0.15) is 17.0 Å². The fourth-order valence-corrected chi connectivity index (χ4v) is 4.41. The van der Waals surface area contributed by atoms with Gasteiger partial charge < -0.3 is 18.8 Å². The smallest absolute Gasteiger partial charge is 0.277 e. The Kier molecular flexibility index (Phi) is 7.63. The van der Waals surface area contributed by atoms with Crippen LogP contribution in [0.2, 0.25) is 0 Å². The molecule has 1 aromatic heterocycles. The van der Waals surface area contributed by atoms with Crippen molar-refractivity contribution in [1.29, 1.82) is 0 Å². The molecule has 0 radical (unpaired) electrons. The third-order valence-electron chi connectivity index (χ3n) is 5.50. The van der Waals surface area contributed by atoms with Crippen molar-refractivity contribution in [2.24, 2.45) is 0 Å². The minimum absolute atomic E-state index is 0.0859. The lowest BCUT2D eigenvalue weighted by Crippen LogP contribution is -2.32. The molecule has 1 aliphatic rings. The van der Waals surface area contributed by atoms with E-state index in [9.17, 15) is 4.79 Å². The SMILES string of the molecule is O=C(CSc1nnc(Cc2ccccc2)o1)N(C/C=C/c1ccccc1)c1ccc2c(c1)OCCO2. The number of nitrogens with zero attached hydrogens (tertiary/aromatic N) is 3. The molecule has 3 aromatic carbocycles. The predicted molar refractivity (Wildman–Crippen MR) is 140 cm³/mol. The van der Waals surface area contributed by atoms with E-state index in [0.717, 1.165) is 16.8 Å². The van der Waals surface area contributed by atoms with Gasteiger partial charge in [0.15, 0.2) is 11.5 Å². The highest BCUT2D eigenvalue weighted by Gasteiger charge is 2.20. The minimum Gasteiger partial charge on any atom is -0.486 e. The maximum atomic E-state index is 13.3. The molecule has 0 aliphatic carbocycles. The first-order chi connectivity index (χ1) is 17.7. The van der Waals surface area contributed by atoms with Crippen LogP contribution in [-0.4, -0.2) is 41.6 Å². The molecule has 0 atom stereocenters. The standard InChI is InChI=1S/C28H25N3O4S/c32-27(20-36-28-30-29-26(35-28)18-22-10-5-2-6-11-22)31(15-7-12-21-8-3-1-4-9-21)23-13-14-24-25(19-23)34-17-16-33-24/h1-14,19H,15-18,20H2/b12-7+. The lowest BCUT2D eigenvalue weighted by Gasteiger charge is -2.24. The van der Waals surface area contributed by atoms with Gasteiger partial charge >= 0.3 is 0 Å². The van der Waals surface area contributed by atoms with Crippen molar-refractivity contribution in [3.63, 3.8) is 0 Å². The first kappa shape index (κ1) is 23.7. The summed E-state index contributed by atoms with van der Waals surface area (Å²) in [5.74, 6) is 1.91. The highest BCUT2D eigenvalue weighted by Crippen LogP contribution is 2.34. The molecular formula is C28H25N3O4S. The van der Waals surface area contributed by atoms with Gasteiger partial charge in [-0.2, -0.15) is 0 Å². The molecule has 1 aliphatic heterocycles. The third-order valence-corrected chi connectivity index (χ3v) is 6.31. The Labute approximate surface area is 213 Å². The average Bonchev–Trinajstić information content (AvgIpc) is 3.38. The lowest BCUT2D eigenvalue weighted by atomic mass is 10.2. The number of rotatable bonds is 9. The first-order valence-electron chi connectivity index (χ1n) is 11.7. The number of hydrogen-bond donors (Lipinski definition) is 0. The Morgan fingerprint density at radius 1 is 0.917 bits per heavy atom. The average molecular weight is 500 g/mol. The molecule has 0 spiro atoms. The Bertz CT molecular complexity index is 1330. The Morgan fingerprint density at radius 2 is 1.67 bits per heavy atom. The quantitative estimate of drug-likeness (QED) is 0.290. The largest absolute Gasteiger partial charge is 0.486 e. The van der Waals surface area contributed by atoms with Crippen LogP contribution < -0.4 is 14.4 Å². The van der Waals surface area contributed by atoms with Crippen molar-refractivity contribution < 1.29 is 18.7 Å². The Balaban J connectivity index is 1.28. The third kappa shape index (κ3) is 6.14. The summed E-state index contributed by atoms with van der Waals surface area (Å²) >= 11 is 1.23. The van der Waals surface area contributed by atoms with Gasteiger partial charge in [0.25, 0.3) is 5.22 Å². The molecule has 0 saturated carbocycles. The summed E-state index contributed by atoms with van der Waals surface area (Å²) in [6, 6.07) is 25.5. The molecule has 5 rings (SSSR count). The second-order valence-electron chi connectivity index (χ2n) is 8.06. The monoisotopic (exact) mass is 499 g/mol. The van der Waals surface area contributed by atoms with Crippen LogP contribution in [-0.2, 0) is 11.2 Å². The zero-order valence-electron chi connectivity index (χ0n) is 19.6. The lowest BCUT2D eigenvalue weighted by molar-refractivity contribution is -0.116. The Hall–Kier alpha value is -4.04. The zero-order valence-corrected chi connectivity index (χ0v) is 20.4. The second kappa shape index (κ2) is 11.6. The topological polar surface area (TPSA) is 77.7 Å². The number of ether oxygens (including phenoxy) is 2. The van der Waals surface area contributed by atoms with E-state index < -0.39 is 0 Å². The van der Waals surface area contributed by atoms with Gasteiger partial charge in [0, 0.05) is 18.3 Å². The maximum absolute atomic E-state index is 13.3. The van der Waals surface area contributed by atoms with Crippen LogP contribution in [0.15, 0.2) is 94.6 Å². The number of aromatic nitrogens is 2. The number of fused-ring (bicyclic) bond motifs is 1. The van der Waals surface area contributed by atoms with Crippen molar-refractivity contribution in [2.75, 3.05) is 30.4 Å². The van der Waals surface area contributed by atoms with Gasteiger partial charge in [0.2, 0.25) is 11.8 Å². The van der Waals surface area contributed by atoms with E-state index in [-0.39, 0.29) is 11.7 Å². The van der Waals surface area contributed by atoms with E-state index in [4.69, 9.17) is 13.9 Å². The summed E-state index contributed by atoms with van der Waals surface area (Å²) < 4.78 is 17.1. The van der Waals surface area contributed by atoms with Crippen LogP contribution >= 0.6 is 11.8 Å². The number of thioether (sulfide) groups is 1. The normalized spacial score (nSPS) is 12.6. The van der Waals surface area contributed by atoms with Crippen LogP contribution in [0.25, 0.3) is 6.08 Å². The van der Waals surface area contributed by atoms with Gasteiger partial charge in [-0.15, -0.1) is 10.2 Å². The van der Waals surface area contributed by atoms with E-state index in [1.807, 2.05) is 91.0 Å². The molecule has 2 heterocycles. The number of benzene rings is 3. The van der Waals surface area contributed by atoms with Gasteiger partial charge in [-0.3, -0.25) is 4.79 Å². The molecule has 36 heavy (non-hydrogen) atoms. The molecule has 182 valence electrons. The van der Waals surface area contributed by atoms with Gasteiger partial charge in [-0.1, -0.05) is 84.6 Å². The van der Waals surface area contributed by atoms with Crippen molar-refractivity contribution >= 4 is 29.4 Å². The van der Waals surface area contributed by atoms with Crippen LogP contribution in [0.3, 0.4) is 0 Å². The predicted octanol–water partition coefficient (Wildman–Crippen LogP) is 5.27. The van der Waals surface area contributed by atoms with Crippen molar-refractivity contribution in [3.8, 4) is 11.5 Å². The highest BCUT2D eigenvalue weighted by molar-refractivity contribution is 7.99. The summed E-state index contributed by atoms with van der Waals surface area (Å²) in [6.07, 6.45) is 4.52. The maximum Gasteiger partial charge on any atom is 0.277 e. The highest BCUT2D eigenvalue weighted by atomic mass is 32.2. The summed E-state index contributed by atoms with van der Waals surface area (Å²) in [7, 11) is 0. The molecule has 1 amide bonds. The molecule has 0 saturated heterocycles. The summed E-state index contributed by atoms with van der Waals surface area (Å²) in [5, 5.41) is 8.59. The number of carbonyl (C=O) groups excluding carboxylic acids is 1. The molecule has 0 fully saturated rings. The number of amides is 1. The van der Waals surface area contributed by atoms with Crippen LogP contribution in [0.4, 0.5) is 5.69 Å². The first-order valence-corrected chi connectivity index (χ1v) is 12.6. The molecule has 0 bridgehead atoms. The number of hydrogen-bond acceptors (Lipinski definition) is 7. The van der Waals surface area contributed by atoms with E-state index in [1.165, 1.54) is 11.8 Å². The van der Waals surface area contributed by atoms with E-state index in [0.29, 0.717) is 48.8 Å². The zero-order chi connectivity index (χ0) is 24.6. The van der Waals surface area contributed by atoms with Gasteiger partial charge in [0.1, 0.15) is 13.2 Å². The minimum atomic E-state index is -0.0859. The number of carbonyl (C=O) groups is 1. The molecule has 4 aromatic rings.